The molecular formula is C22H29N3O3. The van der Waals surface area contributed by atoms with Gasteiger partial charge in [-0.05, 0) is 45.1 Å². The summed E-state index contributed by atoms with van der Waals surface area (Å²) >= 11 is 0. The first-order valence-electron chi connectivity index (χ1n) is 10.1. The Bertz CT molecular complexity index is 781. The molecule has 2 heterocycles. The molecule has 1 aliphatic rings. The van der Waals surface area contributed by atoms with Crippen LogP contribution in [0.25, 0.3) is 0 Å². The molecule has 1 fully saturated rings. The molecule has 0 radical (unpaired) electrons. The maximum atomic E-state index is 12.5. The number of likely N-dealkylation sites (tertiary alicyclic amines) is 1. The summed E-state index contributed by atoms with van der Waals surface area (Å²) in [5.74, 6) is 0.936. The summed E-state index contributed by atoms with van der Waals surface area (Å²) in [6, 6.07) is 10.1. The van der Waals surface area contributed by atoms with E-state index in [2.05, 4.69) is 22.6 Å². The lowest BCUT2D eigenvalue weighted by Gasteiger charge is -2.32. The first kappa shape index (κ1) is 20.1. The highest BCUT2D eigenvalue weighted by molar-refractivity contribution is 5.83. The van der Waals surface area contributed by atoms with Crippen LogP contribution >= 0.6 is 0 Å². The van der Waals surface area contributed by atoms with Crippen molar-refractivity contribution in [3.63, 3.8) is 0 Å². The van der Waals surface area contributed by atoms with E-state index < -0.39 is 0 Å². The molecule has 6 nitrogen and oxygen atoms in total. The first-order valence-corrected chi connectivity index (χ1v) is 10.1. The molecule has 2 amide bonds. The van der Waals surface area contributed by atoms with Crippen molar-refractivity contribution < 1.29 is 14.1 Å². The third kappa shape index (κ3) is 5.21. The van der Waals surface area contributed by atoms with Crippen molar-refractivity contribution >= 4 is 11.8 Å². The Kier molecular flexibility index (Phi) is 6.85. The molecule has 0 unspecified atom stereocenters. The van der Waals surface area contributed by atoms with Gasteiger partial charge in [0.1, 0.15) is 5.76 Å². The number of nitrogens with one attached hydrogen (secondary N) is 1. The summed E-state index contributed by atoms with van der Waals surface area (Å²) < 4.78 is 5.17. The van der Waals surface area contributed by atoms with Crippen molar-refractivity contribution in [2.24, 2.45) is 5.92 Å². The molecule has 0 saturated carbocycles. The number of carbonyl (C=O) groups excluding carboxylic acids is 2. The highest BCUT2D eigenvalue weighted by atomic mass is 16.5. The Morgan fingerprint density at radius 2 is 2.04 bits per heavy atom. The molecule has 1 saturated heterocycles. The normalized spacial score (nSPS) is 17.0. The minimum Gasteiger partial charge on any atom is -0.361 e. The Labute approximate surface area is 166 Å². The topological polar surface area (TPSA) is 75.4 Å². The van der Waals surface area contributed by atoms with E-state index in [-0.39, 0.29) is 17.7 Å². The van der Waals surface area contributed by atoms with Gasteiger partial charge < -0.3 is 14.7 Å². The number of nitrogens with zero attached hydrogens (tertiary/aromatic N) is 2. The van der Waals surface area contributed by atoms with E-state index in [0.29, 0.717) is 32.5 Å². The molecule has 28 heavy (non-hydrogen) atoms. The second-order valence-electron chi connectivity index (χ2n) is 7.51. The summed E-state index contributed by atoms with van der Waals surface area (Å²) in [4.78, 5) is 26.6. The van der Waals surface area contributed by atoms with Crippen LogP contribution in [0.1, 0.15) is 41.8 Å². The number of aryl methyl sites for hydroxylation is 2. The average Bonchev–Trinajstić information content (AvgIpc) is 3.03. The van der Waals surface area contributed by atoms with Crippen molar-refractivity contribution in [2.45, 2.75) is 46.0 Å². The van der Waals surface area contributed by atoms with Crippen LogP contribution in [0.2, 0.25) is 0 Å². The van der Waals surface area contributed by atoms with Crippen LogP contribution in [-0.2, 0) is 22.4 Å². The monoisotopic (exact) mass is 383 g/mol. The Hall–Kier alpha value is -2.63. The van der Waals surface area contributed by atoms with Gasteiger partial charge in [-0.25, -0.2) is 0 Å². The van der Waals surface area contributed by atoms with Crippen molar-refractivity contribution in [1.29, 1.82) is 0 Å². The number of hydrogen-bond donors (Lipinski definition) is 1. The van der Waals surface area contributed by atoms with E-state index in [0.717, 1.165) is 36.3 Å². The zero-order valence-corrected chi connectivity index (χ0v) is 16.7. The SMILES string of the molecule is Cc1noc(C)c1CCCNC(=O)[C@@H]1CCC(=O)N(CCc2ccccc2)C1. The fourth-order valence-corrected chi connectivity index (χ4v) is 3.73. The summed E-state index contributed by atoms with van der Waals surface area (Å²) in [6.45, 7) is 5.65. The molecule has 6 heteroatoms. The van der Waals surface area contributed by atoms with E-state index in [1.54, 1.807) is 0 Å². The maximum absolute atomic E-state index is 12.5. The number of benzene rings is 1. The second kappa shape index (κ2) is 9.53. The molecule has 1 N–H and O–H groups in total. The number of carbonyl (C=O) groups is 2. The zero-order valence-electron chi connectivity index (χ0n) is 16.7. The van der Waals surface area contributed by atoms with Gasteiger partial charge in [-0.3, -0.25) is 9.59 Å². The van der Waals surface area contributed by atoms with Crippen LogP contribution in [0.3, 0.4) is 0 Å². The van der Waals surface area contributed by atoms with Crippen LogP contribution in [0.15, 0.2) is 34.9 Å². The van der Waals surface area contributed by atoms with Crippen LogP contribution in [-0.4, -0.2) is 41.5 Å². The highest BCUT2D eigenvalue weighted by Gasteiger charge is 2.29. The minimum absolute atomic E-state index is 0.0518. The lowest BCUT2D eigenvalue weighted by Crippen LogP contribution is -2.46. The minimum atomic E-state index is -0.118. The summed E-state index contributed by atoms with van der Waals surface area (Å²) in [6.07, 6.45) is 3.59. The number of piperidine rings is 1. The van der Waals surface area contributed by atoms with Gasteiger partial charge in [0.05, 0.1) is 11.6 Å². The second-order valence-corrected chi connectivity index (χ2v) is 7.51. The largest absolute Gasteiger partial charge is 0.361 e. The fourth-order valence-electron chi connectivity index (χ4n) is 3.73. The molecular weight excluding hydrogens is 354 g/mol. The smallest absolute Gasteiger partial charge is 0.224 e. The van der Waals surface area contributed by atoms with E-state index in [4.69, 9.17) is 4.52 Å². The predicted octanol–water partition coefficient (Wildman–Crippen LogP) is 2.82. The predicted molar refractivity (Wildman–Crippen MR) is 107 cm³/mol. The van der Waals surface area contributed by atoms with Gasteiger partial charge in [0.2, 0.25) is 11.8 Å². The molecule has 1 aromatic carbocycles. The molecule has 3 rings (SSSR count). The third-order valence-corrected chi connectivity index (χ3v) is 5.47. The lowest BCUT2D eigenvalue weighted by molar-refractivity contribution is -0.138. The maximum Gasteiger partial charge on any atom is 0.224 e. The van der Waals surface area contributed by atoms with Crippen LogP contribution in [0, 0.1) is 19.8 Å². The fraction of sp³-hybridized carbons (Fsp3) is 0.500. The van der Waals surface area contributed by atoms with E-state index in [9.17, 15) is 9.59 Å². The molecule has 1 atom stereocenters. The van der Waals surface area contributed by atoms with Gasteiger partial charge in [0, 0.05) is 31.6 Å². The van der Waals surface area contributed by atoms with Crippen molar-refractivity contribution in [3.8, 4) is 0 Å². The number of aromatic nitrogens is 1. The highest BCUT2D eigenvalue weighted by Crippen LogP contribution is 2.19. The van der Waals surface area contributed by atoms with Crippen LogP contribution in [0.4, 0.5) is 0 Å². The zero-order chi connectivity index (χ0) is 19.9. The average molecular weight is 383 g/mol. The van der Waals surface area contributed by atoms with Gasteiger partial charge in [-0.1, -0.05) is 35.5 Å². The van der Waals surface area contributed by atoms with Crippen LogP contribution in [0.5, 0.6) is 0 Å². The first-order chi connectivity index (χ1) is 13.5. The Morgan fingerprint density at radius 3 is 2.75 bits per heavy atom. The lowest BCUT2D eigenvalue weighted by atomic mass is 9.96. The summed E-state index contributed by atoms with van der Waals surface area (Å²) in [5.41, 5.74) is 3.26. The molecule has 1 aliphatic heterocycles. The molecule has 0 spiro atoms. The third-order valence-electron chi connectivity index (χ3n) is 5.47. The van der Waals surface area contributed by atoms with Gasteiger partial charge in [-0.15, -0.1) is 0 Å². The molecule has 1 aromatic heterocycles. The van der Waals surface area contributed by atoms with Gasteiger partial charge in [0.15, 0.2) is 0 Å². The van der Waals surface area contributed by atoms with E-state index in [1.165, 1.54) is 5.56 Å². The Balaban J connectivity index is 1.42. The number of amides is 2. The van der Waals surface area contributed by atoms with Crippen molar-refractivity contribution in [2.75, 3.05) is 19.6 Å². The van der Waals surface area contributed by atoms with Crippen molar-refractivity contribution in [1.82, 2.24) is 15.4 Å². The van der Waals surface area contributed by atoms with Crippen LogP contribution < -0.4 is 5.32 Å². The van der Waals surface area contributed by atoms with Gasteiger partial charge in [-0.2, -0.15) is 0 Å². The van der Waals surface area contributed by atoms with E-state index in [1.807, 2.05) is 36.9 Å². The standard InChI is InChI=1S/C22H29N3O3/c1-16-20(17(2)28-24-16)9-6-13-23-22(27)19-10-11-21(26)25(15-19)14-12-18-7-4-3-5-8-18/h3-5,7-8,19H,6,9-15H2,1-2H3,(H,23,27)/t19-/m1/s1. The number of rotatable bonds is 8. The quantitative estimate of drug-likeness (QED) is 0.711. The summed E-state index contributed by atoms with van der Waals surface area (Å²) in [7, 11) is 0. The summed E-state index contributed by atoms with van der Waals surface area (Å²) in [5, 5.41) is 6.99. The number of hydrogen-bond acceptors (Lipinski definition) is 4. The van der Waals surface area contributed by atoms with Gasteiger partial charge >= 0.3 is 0 Å². The molecule has 2 aromatic rings. The molecule has 0 bridgehead atoms. The van der Waals surface area contributed by atoms with Gasteiger partial charge in [0.25, 0.3) is 0 Å². The molecule has 150 valence electrons. The molecule has 0 aliphatic carbocycles. The Morgan fingerprint density at radius 1 is 1.25 bits per heavy atom. The van der Waals surface area contributed by atoms with Crippen molar-refractivity contribution in [3.05, 3.63) is 52.9 Å². The van der Waals surface area contributed by atoms with E-state index >= 15 is 0 Å².